The second kappa shape index (κ2) is 6.11. The molecule has 96 valence electrons. The van der Waals surface area contributed by atoms with Crippen molar-refractivity contribution in [3.63, 3.8) is 0 Å². The molecule has 0 aromatic heterocycles. The van der Waals surface area contributed by atoms with Gasteiger partial charge in [0.15, 0.2) is 0 Å². The van der Waals surface area contributed by atoms with E-state index in [1.165, 1.54) is 11.8 Å². The van der Waals surface area contributed by atoms with E-state index in [1.54, 1.807) is 24.3 Å². The first-order chi connectivity index (χ1) is 8.65. The third kappa shape index (κ3) is 3.65. The minimum atomic E-state index is -0.286. The summed E-state index contributed by atoms with van der Waals surface area (Å²) in [5.41, 5.74) is 0.686. The molecule has 4 nitrogen and oxygen atoms in total. The quantitative estimate of drug-likeness (QED) is 0.891. The highest BCUT2D eigenvalue weighted by Crippen LogP contribution is 2.19. The van der Waals surface area contributed by atoms with Gasteiger partial charge in [-0.05, 0) is 24.3 Å². The fourth-order valence-electron chi connectivity index (χ4n) is 1.63. The highest BCUT2D eigenvalue weighted by Gasteiger charge is 2.25. The van der Waals surface area contributed by atoms with Crippen LogP contribution in [-0.2, 0) is 9.59 Å². The van der Waals surface area contributed by atoms with Crippen molar-refractivity contribution >= 4 is 40.9 Å². The molecular formula is C12H13ClN2O2S. The fraction of sp³-hybridized carbons (Fsp3) is 0.333. The van der Waals surface area contributed by atoms with Crippen molar-refractivity contribution in [1.82, 2.24) is 5.32 Å². The van der Waals surface area contributed by atoms with Crippen molar-refractivity contribution in [1.29, 1.82) is 0 Å². The first kappa shape index (κ1) is 13.2. The monoisotopic (exact) mass is 284 g/mol. The van der Waals surface area contributed by atoms with Gasteiger partial charge in [0.1, 0.15) is 0 Å². The summed E-state index contributed by atoms with van der Waals surface area (Å²) in [5.74, 6) is 0.634. The molecule has 2 rings (SSSR count). The number of anilines is 1. The molecular weight excluding hydrogens is 272 g/mol. The van der Waals surface area contributed by atoms with Gasteiger partial charge in [-0.15, -0.1) is 11.8 Å². The Bertz CT molecular complexity index is 450. The van der Waals surface area contributed by atoms with Crippen molar-refractivity contribution in [2.24, 2.45) is 0 Å². The molecule has 1 saturated heterocycles. The van der Waals surface area contributed by atoms with E-state index < -0.39 is 0 Å². The van der Waals surface area contributed by atoms with Gasteiger partial charge in [-0.1, -0.05) is 11.6 Å². The van der Waals surface area contributed by atoms with E-state index in [0.717, 1.165) is 5.75 Å². The molecule has 2 N–H and O–H groups in total. The van der Waals surface area contributed by atoms with Gasteiger partial charge in [0.25, 0.3) is 0 Å². The van der Waals surface area contributed by atoms with E-state index in [1.807, 2.05) is 0 Å². The maximum atomic E-state index is 11.8. The molecule has 0 spiro atoms. The molecule has 0 bridgehead atoms. The van der Waals surface area contributed by atoms with Crippen LogP contribution in [0.3, 0.4) is 0 Å². The number of hydrogen-bond donors (Lipinski definition) is 2. The summed E-state index contributed by atoms with van der Waals surface area (Å²) in [4.78, 5) is 23.3. The molecule has 18 heavy (non-hydrogen) atoms. The average molecular weight is 285 g/mol. The molecule has 1 fully saturated rings. The van der Waals surface area contributed by atoms with Crippen LogP contribution in [0.1, 0.15) is 6.42 Å². The number of thioether (sulfide) groups is 1. The summed E-state index contributed by atoms with van der Waals surface area (Å²) in [6.07, 6.45) is 0.194. The molecule has 0 radical (unpaired) electrons. The van der Waals surface area contributed by atoms with Gasteiger partial charge < -0.3 is 10.6 Å². The Balaban J connectivity index is 1.88. The van der Waals surface area contributed by atoms with Crippen LogP contribution in [-0.4, -0.2) is 29.4 Å². The zero-order chi connectivity index (χ0) is 13.0. The maximum absolute atomic E-state index is 11.8. The zero-order valence-electron chi connectivity index (χ0n) is 9.61. The summed E-state index contributed by atoms with van der Waals surface area (Å²) < 4.78 is 0. The molecule has 2 amide bonds. The molecule has 1 aliphatic heterocycles. The molecule has 0 unspecified atom stereocenters. The Morgan fingerprint density at radius 2 is 2.17 bits per heavy atom. The van der Waals surface area contributed by atoms with Crippen LogP contribution in [0, 0.1) is 0 Å². The van der Waals surface area contributed by atoms with Crippen LogP contribution in [0.2, 0.25) is 5.02 Å². The van der Waals surface area contributed by atoms with Crippen molar-refractivity contribution < 1.29 is 9.59 Å². The Labute approximate surface area is 114 Å². The number of hydrogen-bond acceptors (Lipinski definition) is 3. The van der Waals surface area contributed by atoms with Crippen LogP contribution >= 0.6 is 23.4 Å². The topological polar surface area (TPSA) is 58.2 Å². The van der Waals surface area contributed by atoms with E-state index in [-0.39, 0.29) is 23.5 Å². The van der Waals surface area contributed by atoms with Crippen LogP contribution in [0.25, 0.3) is 0 Å². The lowest BCUT2D eigenvalue weighted by Gasteiger charge is -2.20. The number of carbonyl (C=O) groups is 2. The Morgan fingerprint density at radius 3 is 2.83 bits per heavy atom. The normalized spacial score (nSPS) is 19.2. The van der Waals surface area contributed by atoms with Gasteiger partial charge in [-0.2, -0.15) is 0 Å². The second-order valence-corrected chi connectivity index (χ2v) is 5.66. The molecule has 0 aliphatic carbocycles. The number of halogens is 1. The van der Waals surface area contributed by atoms with E-state index in [2.05, 4.69) is 10.6 Å². The van der Waals surface area contributed by atoms with Gasteiger partial charge in [-0.25, -0.2) is 0 Å². The van der Waals surface area contributed by atoms with Crippen molar-refractivity contribution in [2.45, 2.75) is 11.7 Å². The van der Waals surface area contributed by atoms with Crippen LogP contribution in [0.5, 0.6) is 0 Å². The molecule has 1 aliphatic rings. The number of rotatable bonds is 3. The fourth-order valence-corrected chi connectivity index (χ4v) is 2.76. The Hall–Kier alpha value is -1.20. The number of carbonyl (C=O) groups excluding carboxylic acids is 2. The third-order valence-corrected chi connectivity index (χ3v) is 3.99. The summed E-state index contributed by atoms with van der Waals surface area (Å²) in [5, 5.41) is 5.83. The number of amides is 2. The highest BCUT2D eigenvalue weighted by atomic mass is 35.5. The summed E-state index contributed by atoms with van der Waals surface area (Å²) in [7, 11) is 0. The van der Waals surface area contributed by atoms with E-state index in [4.69, 9.17) is 11.6 Å². The van der Waals surface area contributed by atoms with Gasteiger partial charge in [0.05, 0.1) is 5.25 Å². The number of benzene rings is 1. The lowest BCUT2D eigenvalue weighted by molar-refractivity contribution is -0.123. The van der Waals surface area contributed by atoms with Gasteiger partial charge in [0, 0.05) is 29.4 Å². The molecule has 0 saturated carbocycles. The van der Waals surface area contributed by atoms with E-state index in [0.29, 0.717) is 17.3 Å². The third-order valence-electron chi connectivity index (χ3n) is 2.51. The summed E-state index contributed by atoms with van der Waals surface area (Å²) in [6, 6.07) is 6.88. The number of nitrogens with one attached hydrogen (secondary N) is 2. The standard InChI is InChI=1S/C12H13ClN2O2S/c13-8-1-3-9(4-2-8)15-11(16)7-10-12(17)14-5-6-18-10/h1-4,10H,5-7H2,(H,14,17)(H,15,16)/t10-/m1/s1. The largest absolute Gasteiger partial charge is 0.354 e. The average Bonchev–Trinajstić information content (AvgIpc) is 2.35. The van der Waals surface area contributed by atoms with E-state index >= 15 is 0 Å². The highest BCUT2D eigenvalue weighted by molar-refractivity contribution is 8.00. The molecule has 6 heteroatoms. The molecule has 1 aromatic carbocycles. The predicted octanol–water partition coefficient (Wildman–Crippen LogP) is 1.90. The summed E-state index contributed by atoms with van der Waals surface area (Å²) >= 11 is 7.27. The smallest absolute Gasteiger partial charge is 0.233 e. The SMILES string of the molecule is O=C(C[C@H]1SCCNC1=O)Nc1ccc(Cl)cc1. The maximum Gasteiger partial charge on any atom is 0.233 e. The molecule has 1 aromatic rings. The van der Waals surface area contributed by atoms with Crippen LogP contribution < -0.4 is 10.6 Å². The molecule has 1 atom stereocenters. The van der Waals surface area contributed by atoms with Crippen molar-refractivity contribution in [3.8, 4) is 0 Å². The van der Waals surface area contributed by atoms with Crippen LogP contribution in [0.15, 0.2) is 24.3 Å². The Morgan fingerprint density at radius 1 is 1.44 bits per heavy atom. The minimum absolute atomic E-state index is 0.0579. The second-order valence-electron chi connectivity index (χ2n) is 3.91. The van der Waals surface area contributed by atoms with E-state index in [9.17, 15) is 9.59 Å². The molecule has 1 heterocycles. The van der Waals surface area contributed by atoms with Crippen LogP contribution in [0.4, 0.5) is 5.69 Å². The lowest BCUT2D eigenvalue weighted by atomic mass is 10.2. The van der Waals surface area contributed by atoms with Gasteiger partial charge in [-0.3, -0.25) is 9.59 Å². The first-order valence-electron chi connectivity index (χ1n) is 5.60. The van der Waals surface area contributed by atoms with Gasteiger partial charge in [0.2, 0.25) is 11.8 Å². The minimum Gasteiger partial charge on any atom is -0.354 e. The summed E-state index contributed by atoms with van der Waals surface area (Å²) in [6.45, 7) is 0.679. The van der Waals surface area contributed by atoms with Gasteiger partial charge >= 0.3 is 0 Å². The Kier molecular flexibility index (Phi) is 4.49. The first-order valence-corrected chi connectivity index (χ1v) is 7.02. The van der Waals surface area contributed by atoms with Crippen molar-refractivity contribution in [2.75, 3.05) is 17.6 Å². The zero-order valence-corrected chi connectivity index (χ0v) is 11.2. The van der Waals surface area contributed by atoms with Crippen molar-refractivity contribution in [3.05, 3.63) is 29.3 Å². The lowest BCUT2D eigenvalue weighted by Crippen LogP contribution is -2.40. The predicted molar refractivity (Wildman–Crippen MR) is 74.0 cm³/mol.